The number of anilines is 1. The summed E-state index contributed by atoms with van der Waals surface area (Å²) in [6, 6.07) is 14.5. The molecule has 1 aliphatic heterocycles. The van der Waals surface area contributed by atoms with Gasteiger partial charge in [-0.05, 0) is 36.0 Å². The Kier molecular flexibility index (Phi) is 7.16. The summed E-state index contributed by atoms with van der Waals surface area (Å²) < 4.78 is 0. The van der Waals surface area contributed by atoms with E-state index in [4.69, 9.17) is 0 Å². The van der Waals surface area contributed by atoms with Gasteiger partial charge < -0.3 is 10.2 Å². The summed E-state index contributed by atoms with van der Waals surface area (Å²) >= 11 is 1.71. The van der Waals surface area contributed by atoms with Crippen LogP contribution in [0.1, 0.15) is 37.8 Å². The predicted octanol–water partition coefficient (Wildman–Crippen LogP) is 4.26. The highest BCUT2D eigenvalue weighted by Gasteiger charge is 2.22. The van der Waals surface area contributed by atoms with Gasteiger partial charge in [-0.3, -0.25) is 4.79 Å². The van der Waals surface area contributed by atoms with Crippen molar-refractivity contribution in [3.05, 3.63) is 59.8 Å². The van der Waals surface area contributed by atoms with Crippen LogP contribution in [0.25, 0.3) is 0 Å². The summed E-state index contributed by atoms with van der Waals surface area (Å²) in [6.07, 6.45) is 4.38. The number of pyridine rings is 1. The molecule has 1 saturated heterocycles. The topological polar surface area (TPSA) is 45.2 Å². The zero-order valence-corrected chi connectivity index (χ0v) is 17.0. The molecular weight excluding hydrogens is 354 g/mol. The average Bonchev–Trinajstić information content (AvgIpc) is 3.22. The summed E-state index contributed by atoms with van der Waals surface area (Å²) in [4.78, 5) is 19.6. The smallest absolute Gasteiger partial charge is 0.233 e. The quantitative estimate of drug-likeness (QED) is 0.740. The zero-order valence-electron chi connectivity index (χ0n) is 16.2. The second-order valence-electron chi connectivity index (χ2n) is 7.40. The second kappa shape index (κ2) is 9.79. The number of nitrogens with zero attached hydrogens (tertiary/aromatic N) is 2. The number of nitrogens with one attached hydrogen (secondary N) is 1. The molecule has 1 N–H and O–H groups in total. The van der Waals surface area contributed by atoms with Crippen molar-refractivity contribution in [2.24, 2.45) is 5.92 Å². The van der Waals surface area contributed by atoms with Gasteiger partial charge in [-0.2, -0.15) is 0 Å². The molecule has 1 aliphatic rings. The lowest BCUT2D eigenvalue weighted by Crippen LogP contribution is -2.35. The molecule has 2 aromatic rings. The maximum Gasteiger partial charge on any atom is 0.233 e. The maximum atomic E-state index is 12.7. The molecule has 1 fully saturated rings. The molecule has 1 unspecified atom stereocenters. The molecule has 0 radical (unpaired) electrons. The number of hydrogen-bond acceptors (Lipinski definition) is 4. The minimum absolute atomic E-state index is 0.0537. The molecule has 27 heavy (non-hydrogen) atoms. The molecule has 1 aromatic heterocycles. The fraction of sp³-hybridized carbons (Fsp3) is 0.455. The minimum atomic E-state index is -0.0537. The third kappa shape index (κ3) is 5.73. The molecule has 1 aromatic carbocycles. The van der Waals surface area contributed by atoms with Crippen molar-refractivity contribution in [3.8, 4) is 0 Å². The Morgan fingerprint density at radius 3 is 2.48 bits per heavy atom. The first-order chi connectivity index (χ1) is 13.1. The van der Waals surface area contributed by atoms with Crippen molar-refractivity contribution in [3.63, 3.8) is 0 Å². The molecule has 5 heteroatoms. The van der Waals surface area contributed by atoms with E-state index in [1.54, 1.807) is 11.8 Å². The Morgan fingerprint density at radius 1 is 1.11 bits per heavy atom. The molecule has 2 heterocycles. The van der Waals surface area contributed by atoms with Gasteiger partial charge in [-0.25, -0.2) is 4.98 Å². The van der Waals surface area contributed by atoms with Gasteiger partial charge in [0.25, 0.3) is 0 Å². The number of thioether (sulfide) groups is 1. The standard InChI is InChI=1S/C22H29N3OS/c1-17(2)21(27-16-18-8-4-3-5-9-18)22(26)24-15-19-10-11-20(23-14-19)25-12-6-7-13-25/h3-5,8-11,14,17,21H,6-7,12-13,15-16H2,1-2H3,(H,24,26). The van der Waals surface area contributed by atoms with Gasteiger partial charge in [0.2, 0.25) is 5.91 Å². The van der Waals surface area contributed by atoms with Crippen molar-refractivity contribution >= 4 is 23.5 Å². The van der Waals surface area contributed by atoms with Gasteiger partial charge in [0, 0.05) is 31.6 Å². The van der Waals surface area contributed by atoms with Crippen LogP contribution in [0.15, 0.2) is 48.7 Å². The maximum absolute atomic E-state index is 12.7. The van der Waals surface area contributed by atoms with Gasteiger partial charge in [0.05, 0.1) is 5.25 Å². The number of carbonyl (C=O) groups excluding carboxylic acids is 1. The third-order valence-electron chi connectivity index (χ3n) is 4.84. The van der Waals surface area contributed by atoms with Crippen LogP contribution in [-0.2, 0) is 17.1 Å². The molecule has 0 bridgehead atoms. The van der Waals surface area contributed by atoms with E-state index in [0.29, 0.717) is 6.54 Å². The van der Waals surface area contributed by atoms with E-state index in [0.717, 1.165) is 30.2 Å². The Morgan fingerprint density at radius 2 is 1.85 bits per heavy atom. The van der Waals surface area contributed by atoms with Gasteiger partial charge in [-0.1, -0.05) is 50.2 Å². The molecule has 144 valence electrons. The van der Waals surface area contributed by atoms with E-state index < -0.39 is 0 Å². The van der Waals surface area contributed by atoms with Gasteiger partial charge in [0.1, 0.15) is 5.82 Å². The van der Waals surface area contributed by atoms with Crippen LogP contribution in [0, 0.1) is 5.92 Å². The molecular formula is C22H29N3OS. The first-order valence-corrected chi connectivity index (χ1v) is 10.8. The Bertz CT molecular complexity index is 712. The predicted molar refractivity (Wildman–Crippen MR) is 114 cm³/mol. The summed E-state index contributed by atoms with van der Waals surface area (Å²) in [5.74, 6) is 2.29. The van der Waals surface area contributed by atoms with Crippen LogP contribution in [-0.4, -0.2) is 29.2 Å². The van der Waals surface area contributed by atoms with Gasteiger partial charge >= 0.3 is 0 Å². The van der Waals surface area contributed by atoms with E-state index in [1.165, 1.54) is 18.4 Å². The fourth-order valence-electron chi connectivity index (χ4n) is 3.28. The van der Waals surface area contributed by atoms with Crippen molar-refractivity contribution in [1.82, 2.24) is 10.3 Å². The number of aromatic nitrogens is 1. The third-order valence-corrected chi connectivity index (χ3v) is 6.46. The Balaban J connectivity index is 1.51. The zero-order chi connectivity index (χ0) is 19.1. The first kappa shape index (κ1) is 19.7. The molecule has 1 atom stereocenters. The lowest BCUT2D eigenvalue weighted by molar-refractivity contribution is -0.121. The lowest BCUT2D eigenvalue weighted by Gasteiger charge is -2.20. The first-order valence-electron chi connectivity index (χ1n) is 9.76. The molecule has 4 nitrogen and oxygen atoms in total. The molecule has 0 spiro atoms. The molecule has 0 saturated carbocycles. The fourth-order valence-corrected chi connectivity index (χ4v) is 4.46. The van der Waals surface area contributed by atoms with Crippen molar-refractivity contribution in [2.45, 2.75) is 44.2 Å². The number of benzene rings is 1. The van der Waals surface area contributed by atoms with E-state index >= 15 is 0 Å². The summed E-state index contributed by atoms with van der Waals surface area (Å²) in [5, 5.41) is 3.04. The highest BCUT2D eigenvalue weighted by Crippen LogP contribution is 2.24. The van der Waals surface area contributed by atoms with E-state index in [9.17, 15) is 4.79 Å². The molecule has 3 rings (SSSR count). The van der Waals surface area contributed by atoms with Crippen LogP contribution in [0.5, 0.6) is 0 Å². The van der Waals surface area contributed by atoms with Crippen LogP contribution < -0.4 is 10.2 Å². The summed E-state index contributed by atoms with van der Waals surface area (Å²) in [5.41, 5.74) is 2.30. The van der Waals surface area contributed by atoms with Gasteiger partial charge in [-0.15, -0.1) is 11.8 Å². The number of hydrogen-bond donors (Lipinski definition) is 1. The number of amides is 1. The summed E-state index contributed by atoms with van der Waals surface area (Å²) in [6.45, 7) is 6.93. The van der Waals surface area contributed by atoms with Gasteiger partial charge in [0.15, 0.2) is 0 Å². The summed E-state index contributed by atoms with van der Waals surface area (Å²) in [7, 11) is 0. The van der Waals surface area contributed by atoms with Crippen molar-refractivity contribution in [2.75, 3.05) is 18.0 Å². The SMILES string of the molecule is CC(C)C(SCc1ccccc1)C(=O)NCc1ccc(N2CCCC2)nc1. The minimum Gasteiger partial charge on any atom is -0.357 e. The molecule has 0 aliphatic carbocycles. The largest absolute Gasteiger partial charge is 0.357 e. The average molecular weight is 384 g/mol. The second-order valence-corrected chi connectivity index (χ2v) is 8.53. The van der Waals surface area contributed by atoms with Crippen LogP contribution >= 0.6 is 11.8 Å². The highest BCUT2D eigenvalue weighted by molar-refractivity contribution is 7.99. The van der Waals surface area contributed by atoms with E-state index in [-0.39, 0.29) is 17.1 Å². The van der Waals surface area contributed by atoms with Crippen molar-refractivity contribution < 1.29 is 4.79 Å². The number of rotatable bonds is 8. The number of carbonyl (C=O) groups is 1. The lowest BCUT2D eigenvalue weighted by atomic mass is 10.1. The van der Waals surface area contributed by atoms with Crippen LogP contribution in [0.3, 0.4) is 0 Å². The highest BCUT2D eigenvalue weighted by atomic mass is 32.2. The Labute approximate surface area is 166 Å². The van der Waals surface area contributed by atoms with E-state index in [2.05, 4.69) is 53.3 Å². The van der Waals surface area contributed by atoms with Crippen molar-refractivity contribution in [1.29, 1.82) is 0 Å². The normalized spacial score (nSPS) is 15.1. The Hall–Kier alpha value is -2.01. The van der Waals surface area contributed by atoms with Crippen LogP contribution in [0.4, 0.5) is 5.82 Å². The monoisotopic (exact) mass is 383 g/mol. The molecule has 1 amide bonds. The van der Waals surface area contributed by atoms with Crippen LogP contribution in [0.2, 0.25) is 0 Å². The van der Waals surface area contributed by atoms with E-state index in [1.807, 2.05) is 24.4 Å².